The lowest BCUT2D eigenvalue weighted by Crippen LogP contribution is -2.34. The molecule has 1 unspecified atom stereocenters. The number of nitrogens with zero attached hydrogens (tertiary/aromatic N) is 2. The molecule has 5 heteroatoms. The molecule has 0 aromatic carbocycles. The van der Waals surface area contributed by atoms with Crippen LogP contribution in [0.15, 0.2) is 24.4 Å². The van der Waals surface area contributed by atoms with Crippen molar-refractivity contribution in [3.8, 4) is 0 Å². The van der Waals surface area contributed by atoms with E-state index in [0.717, 1.165) is 5.69 Å². The van der Waals surface area contributed by atoms with Crippen molar-refractivity contribution in [3.05, 3.63) is 30.1 Å². The fourth-order valence-corrected chi connectivity index (χ4v) is 1.33. The van der Waals surface area contributed by atoms with Crippen molar-refractivity contribution in [2.75, 3.05) is 13.6 Å². The van der Waals surface area contributed by atoms with E-state index in [1.165, 1.54) is 0 Å². The van der Waals surface area contributed by atoms with Crippen molar-refractivity contribution < 1.29 is 9.90 Å². The van der Waals surface area contributed by atoms with Crippen LogP contribution >= 0.6 is 0 Å². The van der Waals surface area contributed by atoms with Gasteiger partial charge in [-0.05, 0) is 25.6 Å². The average Bonchev–Trinajstić information content (AvgIpc) is 2.27. The van der Waals surface area contributed by atoms with Crippen LogP contribution in [0, 0.1) is 0 Å². The molecule has 1 heterocycles. The van der Waals surface area contributed by atoms with Crippen molar-refractivity contribution in [2.45, 2.75) is 19.0 Å². The molecule has 0 spiro atoms. The van der Waals surface area contributed by atoms with Crippen LogP contribution in [0.5, 0.6) is 0 Å². The average molecular weight is 223 g/mol. The van der Waals surface area contributed by atoms with Crippen LogP contribution in [-0.2, 0) is 11.3 Å². The highest BCUT2D eigenvalue weighted by atomic mass is 16.4. The van der Waals surface area contributed by atoms with E-state index in [4.69, 9.17) is 10.8 Å². The second-order valence-corrected chi connectivity index (χ2v) is 3.79. The highest BCUT2D eigenvalue weighted by Crippen LogP contribution is 2.00. The smallest absolute Gasteiger partial charge is 0.320 e. The number of hydrogen-bond donors (Lipinski definition) is 2. The summed E-state index contributed by atoms with van der Waals surface area (Å²) in [6.07, 6.45) is 2.19. The van der Waals surface area contributed by atoms with Crippen LogP contribution in [0.4, 0.5) is 0 Å². The van der Waals surface area contributed by atoms with Crippen molar-refractivity contribution in [2.24, 2.45) is 5.73 Å². The van der Waals surface area contributed by atoms with Gasteiger partial charge in [0, 0.05) is 19.3 Å². The molecule has 0 aliphatic heterocycles. The van der Waals surface area contributed by atoms with Gasteiger partial charge in [-0.3, -0.25) is 9.78 Å². The zero-order valence-electron chi connectivity index (χ0n) is 9.34. The van der Waals surface area contributed by atoms with Gasteiger partial charge >= 0.3 is 5.97 Å². The predicted molar refractivity (Wildman–Crippen MR) is 60.8 cm³/mol. The lowest BCUT2D eigenvalue weighted by Gasteiger charge is -2.17. The molecular weight excluding hydrogens is 206 g/mol. The summed E-state index contributed by atoms with van der Waals surface area (Å²) in [5, 5.41) is 8.63. The Balaban J connectivity index is 2.31. The molecule has 0 bridgehead atoms. The van der Waals surface area contributed by atoms with Crippen LogP contribution in [0.25, 0.3) is 0 Å². The van der Waals surface area contributed by atoms with E-state index in [9.17, 15) is 4.79 Å². The molecule has 16 heavy (non-hydrogen) atoms. The molecule has 5 nitrogen and oxygen atoms in total. The summed E-state index contributed by atoms with van der Waals surface area (Å²) in [6.45, 7) is 1.34. The Hall–Kier alpha value is -1.46. The third-order valence-electron chi connectivity index (χ3n) is 2.30. The fraction of sp³-hybridized carbons (Fsp3) is 0.455. The minimum Gasteiger partial charge on any atom is -0.480 e. The summed E-state index contributed by atoms with van der Waals surface area (Å²) < 4.78 is 0. The van der Waals surface area contributed by atoms with E-state index in [1.807, 2.05) is 30.1 Å². The van der Waals surface area contributed by atoms with E-state index in [2.05, 4.69) is 4.98 Å². The largest absolute Gasteiger partial charge is 0.480 e. The Labute approximate surface area is 94.9 Å². The minimum absolute atomic E-state index is 0.443. The summed E-state index contributed by atoms with van der Waals surface area (Å²) in [4.78, 5) is 16.7. The predicted octanol–water partition coefficient (Wildman–Crippen LogP) is 0.315. The number of pyridine rings is 1. The first-order valence-corrected chi connectivity index (χ1v) is 5.16. The Morgan fingerprint density at radius 2 is 2.38 bits per heavy atom. The summed E-state index contributed by atoms with van der Waals surface area (Å²) in [7, 11) is 1.92. The number of hydrogen-bond acceptors (Lipinski definition) is 4. The first kappa shape index (κ1) is 12.6. The van der Waals surface area contributed by atoms with Gasteiger partial charge in [-0.1, -0.05) is 6.07 Å². The number of carboxylic acid groups (broad SMARTS) is 1. The normalized spacial score (nSPS) is 12.7. The second kappa shape index (κ2) is 6.19. The maximum absolute atomic E-state index is 10.5. The molecule has 88 valence electrons. The zero-order valence-corrected chi connectivity index (χ0v) is 9.34. The van der Waals surface area contributed by atoms with Crippen LogP contribution in [0.2, 0.25) is 0 Å². The number of carboxylic acids is 1. The molecule has 0 aliphatic rings. The number of aromatic nitrogens is 1. The number of nitrogens with two attached hydrogens (primary N) is 1. The van der Waals surface area contributed by atoms with Crippen molar-refractivity contribution in [1.29, 1.82) is 0 Å². The Bertz CT molecular complexity index is 329. The van der Waals surface area contributed by atoms with Gasteiger partial charge in [0.25, 0.3) is 0 Å². The van der Waals surface area contributed by atoms with E-state index in [0.29, 0.717) is 19.5 Å². The molecule has 1 rings (SSSR count). The molecule has 0 radical (unpaired) electrons. The number of rotatable bonds is 6. The summed E-state index contributed by atoms with van der Waals surface area (Å²) in [5.41, 5.74) is 6.38. The van der Waals surface area contributed by atoms with Gasteiger partial charge in [0.1, 0.15) is 6.04 Å². The monoisotopic (exact) mass is 223 g/mol. The number of aliphatic carboxylic acids is 1. The van der Waals surface area contributed by atoms with E-state index >= 15 is 0 Å². The van der Waals surface area contributed by atoms with Crippen LogP contribution in [0.1, 0.15) is 12.1 Å². The van der Waals surface area contributed by atoms with E-state index < -0.39 is 12.0 Å². The second-order valence-electron chi connectivity index (χ2n) is 3.79. The van der Waals surface area contributed by atoms with Gasteiger partial charge in [0.2, 0.25) is 0 Å². The maximum atomic E-state index is 10.5. The van der Waals surface area contributed by atoms with E-state index in [1.54, 1.807) is 6.20 Å². The van der Waals surface area contributed by atoms with Crippen molar-refractivity contribution >= 4 is 5.97 Å². The Morgan fingerprint density at radius 3 is 2.94 bits per heavy atom. The molecule has 0 saturated heterocycles. The maximum Gasteiger partial charge on any atom is 0.320 e. The SMILES string of the molecule is CN(CCC(N)C(=O)O)Cc1ccccn1. The lowest BCUT2D eigenvalue weighted by atomic mass is 10.2. The lowest BCUT2D eigenvalue weighted by molar-refractivity contribution is -0.138. The van der Waals surface area contributed by atoms with Gasteiger partial charge in [-0.2, -0.15) is 0 Å². The molecular formula is C11H17N3O2. The molecule has 0 amide bonds. The third-order valence-corrected chi connectivity index (χ3v) is 2.30. The molecule has 0 saturated carbocycles. The third kappa shape index (κ3) is 4.37. The van der Waals surface area contributed by atoms with Crippen LogP contribution in [-0.4, -0.2) is 40.6 Å². The molecule has 0 fully saturated rings. The first-order chi connectivity index (χ1) is 7.59. The first-order valence-electron chi connectivity index (χ1n) is 5.16. The highest BCUT2D eigenvalue weighted by Gasteiger charge is 2.12. The number of carbonyl (C=O) groups is 1. The zero-order chi connectivity index (χ0) is 12.0. The minimum atomic E-state index is -0.953. The van der Waals surface area contributed by atoms with Gasteiger partial charge in [0.15, 0.2) is 0 Å². The van der Waals surface area contributed by atoms with Crippen molar-refractivity contribution in [3.63, 3.8) is 0 Å². The Morgan fingerprint density at radius 1 is 1.62 bits per heavy atom. The summed E-state index contributed by atoms with van der Waals surface area (Å²) >= 11 is 0. The van der Waals surface area contributed by atoms with Gasteiger partial charge in [0.05, 0.1) is 5.69 Å². The summed E-state index contributed by atoms with van der Waals surface area (Å²) in [5.74, 6) is -0.953. The van der Waals surface area contributed by atoms with Crippen LogP contribution < -0.4 is 5.73 Å². The van der Waals surface area contributed by atoms with Gasteiger partial charge < -0.3 is 15.7 Å². The standard InChI is InChI=1S/C11H17N3O2/c1-14(7-5-10(12)11(15)16)8-9-4-2-3-6-13-9/h2-4,6,10H,5,7-8,12H2,1H3,(H,15,16). The fourth-order valence-electron chi connectivity index (χ4n) is 1.33. The quantitative estimate of drug-likeness (QED) is 0.726. The topological polar surface area (TPSA) is 79.5 Å². The Kier molecular flexibility index (Phi) is 4.88. The molecule has 3 N–H and O–H groups in total. The molecule has 1 aromatic heterocycles. The molecule has 0 aliphatic carbocycles. The highest BCUT2D eigenvalue weighted by molar-refractivity contribution is 5.72. The van der Waals surface area contributed by atoms with Crippen molar-refractivity contribution in [1.82, 2.24) is 9.88 Å². The molecule has 1 atom stereocenters. The van der Waals surface area contributed by atoms with Gasteiger partial charge in [-0.25, -0.2) is 0 Å². The summed E-state index contributed by atoms with van der Waals surface area (Å²) in [6, 6.07) is 4.95. The van der Waals surface area contributed by atoms with Crippen LogP contribution in [0.3, 0.4) is 0 Å². The van der Waals surface area contributed by atoms with E-state index in [-0.39, 0.29) is 0 Å². The van der Waals surface area contributed by atoms with Gasteiger partial charge in [-0.15, -0.1) is 0 Å². The molecule has 1 aromatic rings.